The first-order chi connectivity index (χ1) is 8.07. The molecule has 4 nitrogen and oxygen atoms in total. The Morgan fingerprint density at radius 2 is 2.00 bits per heavy atom. The Labute approximate surface area is 104 Å². The van der Waals surface area contributed by atoms with Crippen LogP contribution in [0, 0.1) is 5.92 Å². The molecule has 0 radical (unpaired) electrons. The first-order valence-corrected chi connectivity index (χ1v) is 6.42. The maximum Gasteiger partial charge on any atom is 0.245 e. The molecule has 0 fully saturated rings. The molecule has 0 heterocycles. The average Bonchev–Trinajstić information content (AvgIpc) is 2.28. The van der Waals surface area contributed by atoms with E-state index in [1.54, 1.807) is 6.92 Å². The van der Waals surface area contributed by atoms with Crippen LogP contribution in [-0.4, -0.2) is 31.4 Å². The lowest BCUT2D eigenvalue weighted by atomic mass is 10.0. The Balaban J connectivity index is 3.33. The third kappa shape index (κ3) is 10.00. The second-order valence-electron chi connectivity index (χ2n) is 4.41. The van der Waals surface area contributed by atoms with Gasteiger partial charge in [0, 0.05) is 19.1 Å². The van der Waals surface area contributed by atoms with Crippen molar-refractivity contribution in [2.75, 3.05) is 19.8 Å². The topological polar surface area (TPSA) is 55.4 Å². The largest absolute Gasteiger partial charge is 0.372 e. The molecule has 0 aliphatic rings. The summed E-state index contributed by atoms with van der Waals surface area (Å²) in [5.74, 6) is 0.318. The summed E-state index contributed by atoms with van der Waals surface area (Å²) in [4.78, 5) is 22.2. The standard InChI is InChI=1S/C13H25NO3/c1-4-9-17-10-13(16)14-8-6-5-7-11(2)12(3)15/h11H,4-10H2,1-3H3,(H,14,16)/t11-/m0/s1. The van der Waals surface area contributed by atoms with Crippen LogP contribution in [0.3, 0.4) is 0 Å². The summed E-state index contributed by atoms with van der Waals surface area (Å²) in [7, 11) is 0. The third-order valence-electron chi connectivity index (χ3n) is 2.66. The molecule has 17 heavy (non-hydrogen) atoms. The van der Waals surface area contributed by atoms with E-state index in [9.17, 15) is 9.59 Å². The number of hydrogen-bond acceptors (Lipinski definition) is 3. The zero-order valence-corrected chi connectivity index (χ0v) is 11.3. The van der Waals surface area contributed by atoms with Crippen LogP contribution in [0.1, 0.15) is 46.5 Å². The van der Waals surface area contributed by atoms with E-state index in [0.29, 0.717) is 13.2 Å². The Morgan fingerprint density at radius 1 is 1.29 bits per heavy atom. The SMILES string of the molecule is CCCOCC(=O)NCCCC[C@H](C)C(C)=O. The van der Waals surface area contributed by atoms with E-state index in [0.717, 1.165) is 25.7 Å². The molecule has 0 aliphatic heterocycles. The predicted octanol–water partition coefficient (Wildman–Crippen LogP) is 1.92. The van der Waals surface area contributed by atoms with Crippen LogP contribution in [0.4, 0.5) is 0 Å². The van der Waals surface area contributed by atoms with Crippen molar-refractivity contribution in [1.82, 2.24) is 5.32 Å². The van der Waals surface area contributed by atoms with E-state index in [-0.39, 0.29) is 24.2 Å². The van der Waals surface area contributed by atoms with Crippen LogP contribution in [0.5, 0.6) is 0 Å². The monoisotopic (exact) mass is 243 g/mol. The number of ether oxygens (including phenoxy) is 1. The zero-order valence-electron chi connectivity index (χ0n) is 11.3. The molecule has 0 saturated heterocycles. The molecule has 0 unspecified atom stereocenters. The quantitative estimate of drug-likeness (QED) is 0.596. The lowest BCUT2D eigenvalue weighted by Crippen LogP contribution is -2.28. The van der Waals surface area contributed by atoms with Gasteiger partial charge in [-0.3, -0.25) is 9.59 Å². The lowest BCUT2D eigenvalue weighted by Gasteiger charge is -2.08. The maximum atomic E-state index is 11.2. The Hall–Kier alpha value is -0.900. The molecular weight excluding hydrogens is 218 g/mol. The summed E-state index contributed by atoms with van der Waals surface area (Å²) in [5.41, 5.74) is 0. The summed E-state index contributed by atoms with van der Waals surface area (Å²) in [6.07, 6.45) is 3.71. The second kappa shape index (κ2) is 10.3. The number of Topliss-reactive ketones (excluding diaryl/α,β-unsaturated/α-hetero) is 1. The molecule has 1 atom stereocenters. The van der Waals surface area contributed by atoms with E-state index >= 15 is 0 Å². The van der Waals surface area contributed by atoms with Gasteiger partial charge in [-0.15, -0.1) is 0 Å². The highest BCUT2D eigenvalue weighted by Gasteiger charge is 2.06. The molecule has 1 N–H and O–H groups in total. The molecule has 0 aromatic heterocycles. The van der Waals surface area contributed by atoms with Crippen molar-refractivity contribution in [2.24, 2.45) is 5.92 Å². The fourth-order valence-corrected chi connectivity index (χ4v) is 1.37. The maximum absolute atomic E-state index is 11.2. The molecule has 1 amide bonds. The minimum atomic E-state index is -0.0573. The van der Waals surface area contributed by atoms with Gasteiger partial charge in [0.15, 0.2) is 0 Å². The van der Waals surface area contributed by atoms with Gasteiger partial charge in [-0.05, 0) is 26.2 Å². The molecule has 0 aromatic carbocycles. The molecule has 4 heteroatoms. The van der Waals surface area contributed by atoms with Crippen LogP contribution >= 0.6 is 0 Å². The van der Waals surface area contributed by atoms with Gasteiger partial charge in [0.05, 0.1) is 0 Å². The molecule has 0 aromatic rings. The molecule has 0 aliphatic carbocycles. The number of amides is 1. The summed E-state index contributed by atoms with van der Waals surface area (Å²) in [6, 6.07) is 0. The number of rotatable bonds is 10. The number of unbranched alkanes of at least 4 members (excludes halogenated alkanes) is 1. The summed E-state index contributed by atoms with van der Waals surface area (Å²) < 4.78 is 5.11. The Morgan fingerprint density at radius 3 is 2.59 bits per heavy atom. The van der Waals surface area contributed by atoms with E-state index in [1.165, 1.54) is 0 Å². The Bertz CT molecular complexity index is 229. The van der Waals surface area contributed by atoms with Crippen molar-refractivity contribution in [3.8, 4) is 0 Å². The number of carbonyl (C=O) groups excluding carboxylic acids is 2. The highest BCUT2D eigenvalue weighted by Crippen LogP contribution is 2.07. The van der Waals surface area contributed by atoms with Crippen molar-refractivity contribution >= 4 is 11.7 Å². The van der Waals surface area contributed by atoms with Gasteiger partial charge in [-0.1, -0.05) is 20.3 Å². The first kappa shape index (κ1) is 16.1. The lowest BCUT2D eigenvalue weighted by molar-refractivity contribution is -0.125. The fraction of sp³-hybridized carbons (Fsp3) is 0.846. The summed E-state index contributed by atoms with van der Waals surface area (Å²) >= 11 is 0. The molecular formula is C13H25NO3. The summed E-state index contributed by atoms with van der Waals surface area (Å²) in [6.45, 7) is 7.02. The smallest absolute Gasteiger partial charge is 0.245 e. The van der Waals surface area contributed by atoms with Gasteiger partial charge in [0.1, 0.15) is 12.4 Å². The van der Waals surface area contributed by atoms with Crippen molar-refractivity contribution in [3.63, 3.8) is 0 Å². The molecule has 100 valence electrons. The zero-order chi connectivity index (χ0) is 13.1. The van der Waals surface area contributed by atoms with Crippen LogP contribution in [0.25, 0.3) is 0 Å². The van der Waals surface area contributed by atoms with Crippen molar-refractivity contribution < 1.29 is 14.3 Å². The predicted molar refractivity (Wildman–Crippen MR) is 67.8 cm³/mol. The molecule has 0 saturated carbocycles. The van der Waals surface area contributed by atoms with E-state index < -0.39 is 0 Å². The molecule has 0 spiro atoms. The minimum Gasteiger partial charge on any atom is -0.372 e. The number of hydrogen-bond donors (Lipinski definition) is 1. The fourth-order valence-electron chi connectivity index (χ4n) is 1.37. The minimum absolute atomic E-state index is 0.0573. The van der Waals surface area contributed by atoms with E-state index in [4.69, 9.17) is 4.74 Å². The summed E-state index contributed by atoms with van der Waals surface area (Å²) in [5, 5.41) is 2.80. The van der Waals surface area contributed by atoms with Gasteiger partial charge < -0.3 is 10.1 Å². The third-order valence-corrected chi connectivity index (χ3v) is 2.66. The van der Waals surface area contributed by atoms with Gasteiger partial charge in [-0.2, -0.15) is 0 Å². The van der Waals surface area contributed by atoms with Crippen molar-refractivity contribution in [2.45, 2.75) is 46.5 Å². The van der Waals surface area contributed by atoms with Gasteiger partial charge in [0.2, 0.25) is 5.91 Å². The van der Waals surface area contributed by atoms with Crippen molar-refractivity contribution in [1.29, 1.82) is 0 Å². The second-order valence-corrected chi connectivity index (χ2v) is 4.41. The van der Waals surface area contributed by atoms with E-state index in [2.05, 4.69) is 5.32 Å². The normalized spacial score (nSPS) is 12.2. The van der Waals surface area contributed by atoms with Gasteiger partial charge >= 0.3 is 0 Å². The van der Waals surface area contributed by atoms with Crippen LogP contribution < -0.4 is 5.32 Å². The van der Waals surface area contributed by atoms with E-state index in [1.807, 2.05) is 13.8 Å². The van der Waals surface area contributed by atoms with Gasteiger partial charge in [-0.25, -0.2) is 0 Å². The van der Waals surface area contributed by atoms with Crippen LogP contribution in [0.2, 0.25) is 0 Å². The number of carbonyl (C=O) groups is 2. The highest BCUT2D eigenvalue weighted by atomic mass is 16.5. The first-order valence-electron chi connectivity index (χ1n) is 6.42. The average molecular weight is 243 g/mol. The van der Waals surface area contributed by atoms with Crippen LogP contribution in [-0.2, 0) is 14.3 Å². The number of nitrogens with one attached hydrogen (secondary N) is 1. The Kier molecular flexibility index (Phi) is 9.72. The van der Waals surface area contributed by atoms with Crippen LogP contribution in [0.15, 0.2) is 0 Å². The highest BCUT2D eigenvalue weighted by molar-refractivity contribution is 5.77. The molecule has 0 rings (SSSR count). The van der Waals surface area contributed by atoms with Crippen molar-refractivity contribution in [3.05, 3.63) is 0 Å². The number of ketones is 1. The van der Waals surface area contributed by atoms with Gasteiger partial charge in [0.25, 0.3) is 0 Å². The molecule has 0 bridgehead atoms.